The smallest absolute Gasteiger partial charge is 0.118 e. The lowest BCUT2D eigenvalue weighted by molar-refractivity contribution is 0.169. The van der Waals surface area contributed by atoms with Crippen LogP contribution >= 0.6 is 11.3 Å². The summed E-state index contributed by atoms with van der Waals surface area (Å²) < 4.78 is 5.13. The number of thiophene rings is 1. The molecule has 21 heavy (non-hydrogen) atoms. The average Bonchev–Trinajstić information content (AvgIpc) is 3.05. The molecule has 2 unspecified atom stereocenters. The number of rotatable bonds is 8. The number of ether oxygens (including phenoxy) is 1. The monoisotopic (exact) mass is 305 g/mol. The highest BCUT2D eigenvalue weighted by atomic mass is 32.1. The van der Waals surface area contributed by atoms with Gasteiger partial charge < -0.3 is 15.2 Å². The molecule has 0 fully saturated rings. The first-order valence-electron chi connectivity index (χ1n) is 7.33. The summed E-state index contributed by atoms with van der Waals surface area (Å²) in [4.78, 5) is 1.33. The van der Waals surface area contributed by atoms with Gasteiger partial charge >= 0.3 is 0 Å². The maximum Gasteiger partial charge on any atom is 0.118 e. The third-order valence-corrected chi connectivity index (χ3v) is 4.51. The Hall–Kier alpha value is -1.36. The van der Waals surface area contributed by atoms with Crippen molar-refractivity contribution in [2.45, 2.75) is 31.9 Å². The molecule has 2 atom stereocenters. The zero-order valence-electron chi connectivity index (χ0n) is 12.6. The molecule has 0 aliphatic carbocycles. The van der Waals surface area contributed by atoms with E-state index in [0.29, 0.717) is 12.6 Å². The molecule has 2 rings (SSSR count). The fraction of sp³-hybridized carbons (Fsp3) is 0.412. The Morgan fingerprint density at radius 3 is 2.57 bits per heavy atom. The number of methoxy groups -OCH3 is 1. The van der Waals surface area contributed by atoms with Crippen molar-refractivity contribution in [3.8, 4) is 5.75 Å². The summed E-state index contributed by atoms with van der Waals surface area (Å²) in [7, 11) is 1.64. The van der Waals surface area contributed by atoms with E-state index < -0.39 is 6.10 Å². The zero-order chi connectivity index (χ0) is 15.1. The summed E-state index contributed by atoms with van der Waals surface area (Å²) in [5.41, 5.74) is 0.907. The van der Waals surface area contributed by atoms with Crippen LogP contribution in [0.1, 0.15) is 42.4 Å². The molecule has 4 heteroatoms. The fourth-order valence-electron chi connectivity index (χ4n) is 2.32. The number of hydrogen-bond donors (Lipinski definition) is 2. The normalized spacial score (nSPS) is 13.9. The van der Waals surface area contributed by atoms with Gasteiger partial charge in [-0.15, -0.1) is 11.3 Å². The minimum absolute atomic E-state index is 0.322. The van der Waals surface area contributed by atoms with E-state index in [1.807, 2.05) is 24.3 Å². The third-order valence-electron chi connectivity index (χ3n) is 3.52. The van der Waals surface area contributed by atoms with Crippen LogP contribution in [0.15, 0.2) is 41.8 Å². The van der Waals surface area contributed by atoms with Gasteiger partial charge in [0, 0.05) is 17.5 Å². The molecular weight excluding hydrogens is 282 g/mol. The van der Waals surface area contributed by atoms with Gasteiger partial charge in [0.2, 0.25) is 0 Å². The number of benzene rings is 1. The van der Waals surface area contributed by atoms with E-state index in [0.717, 1.165) is 24.2 Å². The lowest BCUT2D eigenvalue weighted by Crippen LogP contribution is -2.26. The van der Waals surface area contributed by atoms with E-state index in [9.17, 15) is 5.11 Å². The summed E-state index contributed by atoms with van der Waals surface area (Å²) in [5.74, 6) is 0.807. The highest BCUT2D eigenvalue weighted by Crippen LogP contribution is 2.24. The van der Waals surface area contributed by atoms with Crippen molar-refractivity contribution in [3.05, 3.63) is 52.2 Å². The summed E-state index contributed by atoms with van der Waals surface area (Å²) >= 11 is 1.76. The van der Waals surface area contributed by atoms with Gasteiger partial charge in [-0.3, -0.25) is 0 Å². The molecule has 0 saturated carbocycles. The first-order chi connectivity index (χ1) is 10.2. The maximum atomic E-state index is 10.3. The predicted molar refractivity (Wildman–Crippen MR) is 87.9 cm³/mol. The lowest BCUT2D eigenvalue weighted by Gasteiger charge is -2.19. The Bertz CT molecular complexity index is 510. The van der Waals surface area contributed by atoms with Crippen LogP contribution in [0.2, 0.25) is 0 Å². The van der Waals surface area contributed by atoms with E-state index in [4.69, 9.17) is 4.74 Å². The fourth-order valence-corrected chi connectivity index (χ4v) is 3.16. The number of nitrogens with one attached hydrogen (secondary N) is 1. The Kier molecular flexibility index (Phi) is 6.23. The third kappa shape index (κ3) is 4.56. The van der Waals surface area contributed by atoms with E-state index >= 15 is 0 Å². The van der Waals surface area contributed by atoms with E-state index in [-0.39, 0.29) is 0 Å². The van der Waals surface area contributed by atoms with Crippen LogP contribution in [0.3, 0.4) is 0 Å². The Labute approximate surface area is 130 Å². The lowest BCUT2D eigenvalue weighted by atomic mass is 10.1. The second-order valence-electron chi connectivity index (χ2n) is 5.05. The number of hydrogen-bond acceptors (Lipinski definition) is 4. The van der Waals surface area contributed by atoms with E-state index in [1.54, 1.807) is 18.4 Å². The topological polar surface area (TPSA) is 41.5 Å². The largest absolute Gasteiger partial charge is 0.497 e. The van der Waals surface area contributed by atoms with Gasteiger partial charge in [-0.2, -0.15) is 0 Å². The van der Waals surface area contributed by atoms with Crippen molar-refractivity contribution in [2.75, 3.05) is 13.7 Å². The van der Waals surface area contributed by atoms with Crippen molar-refractivity contribution in [1.82, 2.24) is 5.32 Å². The summed E-state index contributed by atoms with van der Waals surface area (Å²) in [6.07, 6.45) is 1.69. The highest BCUT2D eigenvalue weighted by Gasteiger charge is 2.14. The molecule has 1 heterocycles. The summed E-state index contributed by atoms with van der Waals surface area (Å²) in [5, 5.41) is 15.9. The molecule has 1 aromatic carbocycles. The minimum atomic E-state index is -0.504. The molecule has 114 valence electrons. The number of aliphatic hydroxyl groups is 1. The summed E-state index contributed by atoms with van der Waals surface area (Å²) in [6, 6.07) is 12.1. The van der Waals surface area contributed by atoms with E-state index in [2.05, 4.69) is 29.8 Å². The van der Waals surface area contributed by atoms with Gasteiger partial charge in [0.1, 0.15) is 5.75 Å². The second kappa shape index (κ2) is 8.17. The Morgan fingerprint density at radius 1 is 1.24 bits per heavy atom. The molecule has 1 aromatic heterocycles. The highest BCUT2D eigenvalue weighted by molar-refractivity contribution is 7.10. The van der Waals surface area contributed by atoms with Crippen LogP contribution in [0.25, 0.3) is 0 Å². The Balaban J connectivity index is 1.93. The van der Waals surface area contributed by atoms with Crippen molar-refractivity contribution in [2.24, 2.45) is 0 Å². The molecule has 0 saturated heterocycles. The molecule has 0 radical (unpaired) electrons. The van der Waals surface area contributed by atoms with Gasteiger partial charge in [-0.05, 0) is 35.6 Å². The van der Waals surface area contributed by atoms with Crippen LogP contribution in [-0.2, 0) is 0 Å². The second-order valence-corrected chi connectivity index (χ2v) is 6.03. The quantitative estimate of drug-likeness (QED) is 0.776. The zero-order valence-corrected chi connectivity index (χ0v) is 13.4. The van der Waals surface area contributed by atoms with E-state index in [1.165, 1.54) is 4.88 Å². The Morgan fingerprint density at radius 2 is 2.00 bits per heavy atom. The number of aliphatic hydroxyl groups excluding tert-OH is 1. The van der Waals surface area contributed by atoms with Crippen molar-refractivity contribution in [3.63, 3.8) is 0 Å². The molecule has 0 spiro atoms. The first-order valence-corrected chi connectivity index (χ1v) is 8.21. The average molecular weight is 305 g/mol. The van der Waals surface area contributed by atoms with Gasteiger partial charge in [-0.25, -0.2) is 0 Å². The van der Waals surface area contributed by atoms with Crippen molar-refractivity contribution < 1.29 is 9.84 Å². The van der Waals surface area contributed by atoms with Crippen LogP contribution < -0.4 is 10.1 Å². The SMILES string of the molecule is CCCC(NCC(O)c1ccc(OC)cc1)c1cccs1. The van der Waals surface area contributed by atoms with Gasteiger partial charge in [0.25, 0.3) is 0 Å². The molecular formula is C17H23NO2S. The van der Waals surface area contributed by atoms with Crippen molar-refractivity contribution in [1.29, 1.82) is 0 Å². The first kappa shape index (κ1) is 16.0. The predicted octanol–water partition coefficient (Wildman–Crippen LogP) is 3.92. The van der Waals surface area contributed by atoms with Crippen LogP contribution in [0.4, 0.5) is 0 Å². The standard InChI is InChI=1S/C17H23NO2S/c1-3-5-15(17-6-4-11-21-17)18-12-16(19)13-7-9-14(20-2)10-8-13/h4,6-11,15-16,18-19H,3,5,12H2,1-2H3. The van der Waals surface area contributed by atoms with Gasteiger partial charge in [-0.1, -0.05) is 31.5 Å². The molecule has 0 bridgehead atoms. The van der Waals surface area contributed by atoms with Crippen LogP contribution in [0, 0.1) is 0 Å². The van der Waals surface area contributed by atoms with Crippen molar-refractivity contribution >= 4 is 11.3 Å². The molecule has 2 aromatic rings. The van der Waals surface area contributed by atoms with Crippen LogP contribution in [0.5, 0.6) is 5.75 Å². The molecule has 0 amide bonds. The molecule has 0 aliphatic rings. The molecule has 2 N–H and O–H groups in total. The van der Waals surface area contributed by atoms with Gasteiger partial charge in [0.05, 0.1) is 13.2 Å². The molecule has 0 aliphatic heterocycles. The minimum Gasteiger partial charge on any atom is -0.497 e. The van der Waals surface area contributed by atoms with Crippen LogP contribution in [-0.4, -0.2) is 18.8 Å². The molecule has 3 nitrogen and oxygen atoms in total. The van der Waals surface area contributed by atoms with Gasteiger partial charge in [0.15, 0.2) is 0 Å². The maximum absolute atomic E-state index is 10.3. The summed E-state index contributed by atoms with van der Waals surface area (Å²) in [6.45, 7) is 2.73.